The second kappa shape index (κ2) is 10.7. The molecule has 8 heteroatoms. The lowest BCUT2D eigenvalue weighted by Gasteiger charge is -2.29. The molecule has 25 heavy (non-hydrogen) atoms. The first kappa shape index (κ1) is 22.9. The van der Waals surface area contributed by atoms with Crippen molar-refractivity contribution in [1.29, 1.82) is 0 Å². The van der Waals surface area contributed by atoms with E-state index in [9.17, 15) is 19.2 Å². The molecular formula is C17H28O8. The summed E-state index contributed by atoms with van der Waals surface area (Å²) in [6.07, 6.45) is -2.45. The quantitative estimate of drug-likeness (QED) is 0.330. The lowest BCUT2D eigenvalue weighted by molar-refractivity contribution is -0.185. The van der Waals surface area contributed by atoms with Crippen LogP contribution in [0.1, 0.15) is 54.4 Å². The molecule has 0 N–H and O–H groups in total. The van der Waals surface area contributed by atoms with Crippen LogP contribution in [0.5, 0.6) is 0 Å². The van der Waals surface area contributed by atoms with Gasteiger partial charge in [-0.25, -0.2) is 0 Å². The first-order valence-corrected chi connectivity index (χ1v) is 8.32. The highest BCUT2D eigenvalue weighted by molar-refractivity contribution is 6.05. The van der Waals surface area contributed by atoms with E-state index in [1.54, 1.807) is 41.5 Å². The van der Waals surface area contributed by atoms with E-state index in [0.717, 1.165) is 0 Å². The third-order valence-corrected chi connectivity index (χ3v) is 2.97. The molecule has 0 aromatic rings. The molecule has 144 valence electrons. The third-order valence-electron chi connectivity index (χ3n) is 2.97. The minimum atomic E-state index is -2.15. The van der Waals surface area contributed by atoms with Gasteiger partial charge in [0, 0.05) is 0 Å². The van der Waals surface area contributed by atoms with E-state index < -0.39 is 54.3 Å². The molecule has 0 aliphatic rings. The van der Waals surface area contributed by atoms with Crippen LogP contribution in [0.2, 0.25) is 0 Å². The lowest BCUT2D eigenvalue weighted by Crippen LogP contribution is -2.47. The van der Waals surface area contributed by atoms with Crippen LogP contribution in [-0.4, -0.2) is 49.3 Å². The summed E-state index contributed by atoms with van der Waals surface area (Å²) >= 11 is 0. The average Bonchev–Trinajstić information content (AvgIpc) is 2.45. The molecule has 0 amide bonds. The van der Waals surface area contributed by atoms with Crippen molar-refractivity contribution in [2.75, 3.05) is 13.2 Å². The van der Waals surface area contributed by atoms with Crippen molar-refractivity contribution in [1.82, 2.24) is 0 Å². The number of esters is 4. The summed E-state index contributed by atoms with van der Waals surface area (Å²) < 4.78 is 19.9. The van der Waals surface area contributed by atoms with E-state index in [0.29, 0.717) is 0 Å². The minimum Gasteiger partial charge on any atom is -0.466 e. The van der Waals surface area contributed by atoms with Crippen molar-refractivity contribution in [3.05, 3.63) is 0 Å². The van der Waals surface area contributed by atoms with Gasteiger partial charge in [0.1, 0.15) is 0 Å². The van der Waals surface area contributed by atoms with Crippen molar-refractivity contribution in [2.24, 2.45) is 5.41 Å². The van der Waals surface area contributed by atoms with Crippen molar-refractivity contribution < 1.29 is 38.1 Å². The van der Waals surface area contributed by atoms with Gasteiger partial charge in [0.05, 0.1) is 38.3 Å². The summed E-state index contributed by atoms with van der Waals surface area (Å²) in [4.78, 5) is 49.3. The molecule has 0 radical (unpaired) electrons. The predicted octanol–water partition coefficient (Wildman–Crippen LogP) is 1.78. The molecule has 0 aliphatic heterocycles. The number of carbonyl (C=O) groups excluding carboxylic acids is 4. The van der Waals surface area contributed by atoms with Gasteiger partial charge >= 0.3 is 23.9 Å². The Balaban J connectivity index is 5.89. The van der Waals surface area contributed by atoms with Crippen molar-refractivity contribution in [3.8, 4) is 0 Å². The smallest absolute Gasteiger partial charge is 0.324 e. The molecule has 0 unspecified atom stereocenters. The summed E-state index contributed by atoms with van der Waals surface area (Å²) in [5, 5.41) is 0. The summed E-state index contributed by atoms with van der Waals surface area (Å²) in [6.45, 7) is 9.65. The molecule has 0 aliphatic carbocycles. The van der Waals surface area contributed by atoms with Crippen LogP contribution in [0.3, 0.4) is 0 Å². The van der Waals surface area contributed by atoms with Crippen molar-refractivity contribution >= 4 is 23.9 Å². The molecule has 0 aromatic heterocycles. The first-order valence-electron chi connectivity index (χ1n) is 8.32. The van der Waals surface area contributed by atoms with Gasteiger partial charge in [-0.2, -0.15) is 0 Å². The zero-order valence-corrected chi connectivity index (χ0v) is 15.7. The zero-order valence-electron chi connectivity index (χ0n) is 15.7. The standard InChI is InChI=1S/C17H28O8/c1-7-22-13(18)9-17(10-14(19)23-8-2,15(20)24-11(3)4)16(21)25-12(5)6/h11-12H,7-10H2,1-6H3. The molecular weight excluding hydrogens is 332 g/mol. The first-order chi connectivity index (χ1) is 11.6. The Hall–Kier alpha value is -2.12. The Bertz CT molecular complexity index is 437. The van der Waals surface area contributed by atoms with Gasteiger partial charge in [0.2, 0.25) is 0 Å². The second-order valence-electron chi connectivity index (χ2n) is 5.95. The van der Waals surface area contributed by atoms with E-state index in [1.165, 1.54) is 0 Å². The highest BCUT2D eigenvalue weighted by Crippen LogP contribution is 2.33. The molecule has 8 nitrogen and oxygen atoms in total. The van der Waals surface area contributed by atoms with E-state index in [2.05, 4.69) is 0 Å². The van der Waals surface area contributed by atoms with Crippen LogP contribution in [-0.2, 0) is 38.1 Å². The predicted molar refractivity (Wildman–Crippen MR) is 87.4 cm³/mol. The topological polar surface area (TPSA) is 105 Å². The van der Waals surface area contributed by atoms with E-state index >= 15 is 0 Å². The van der Waals surface area contributed by atoms with Gasteiger partial charge in [-0.1, -0.05) is 0 Å². The molecule has 0 rings (SSSR count). The number of hydrogen-bond acceptors (Lipinski definition) is 8. The van der Waals surface area contributed by atoms with Crippen LogP contribution in [0.25, 0.3) is 0 Å². The Morgan fingerprint density at radius 2 is 1.04 bits per heavy atom. The number of ether oxygens (including phenoxy) is 4. The number of rotatable bonds is 10. The Morgan fingerprint density at radius 3 is 1.28 bits per heavy atom. The van der Waals surface area contributed by atoms with Crippen LogP contribution >= 0.6 is 0 Å². The van der Waals surface area contributed by atoms with Crippen molar-refractivity contribution in [2.45, 2.75) is 66.6 Å². The molecule has 0 bridgehead atoms. The van der Waals surface area contributed by atoms with Crippen LogP contribution in [0.4, 0.5) is 0 Å². The maximum atomic E-state index is 12.6. The second-order valence-corrected chi connectivity index (χ2v) is 5.95. The maximum absolute atomic E-state index is 12.6. The van der Waals surface area contributed by atoms with Crippen LogP contribution in [0, 0.1) is 5.41 Å². The highest BCUT2D eigenvalue weighted by atomic mass is 16.6. The summed E-state index contributed by atoms with van der Waals surface area (Å²) in [7, 11) is 0. The average molecular weight is 360 g/mol. The Labute approximate surface area is 148 Å². The minimum absolute atomic E-state index is 0.0623. The third kappa shape index (κ3) is 7.53. The Morgan fingerprint density at radius 1 is 0.720 bits per heavy atom. The number of carbonyl (C=O) groups is 4. The summed E-state index contributed by atoms with van der Waals surface area (Å²) in [5.41, 5.74) is -2.15. The van der Waals surface area contributed by atoms with Gasteiger partial charge in [0.25, 0.3) is 0 Å². The molecule has 0 heterocycles. The van der Waals surface area contributed by atoms with Crippen LogP contribution in [0.15, 0.2) is 0 Å². The van der Waals surface area contributed by atoms with E-state index in [-0.39, 0.29) is 13.2 Å². The fourth-order valence-electron chi connectivity index (χ4n) is 2.01. The van der Waals surface area contributed by atoms with E-state index in [4.69, 9.17) is 18.9 Å². The van der Waals surface area contributed by atoms with Crippen LogP contribution < -0.4 is 0 Å². The lowest BCUT2D eigenvalue weighted by atomic mass is 9.80. The van der Waals surface area contributed by atoms with Gasteiger partial charge in [-0.3, -0.25) is 19.2 Å². The SMILES string of the molecule is CCOC(=O)CC(CC(=O)OCC)(C(=O)OC(C)C)C(=O)OC(C)C. The van der Waals surface area contributed by atoms with Gasteiger partial charge in [0.15, 0.2) is 5.41 Å². The van der Waals surface area contributed by atoms with Gasteiger partial charge in [-0.05, 0) is 41.5 Å². The molecule has 0 aromatic carbocycles. The summed E-state index contributed by atoms with van der Waals surface area (Å²) in [6, 6.07) is 0. The molecule has 0 fully saturated rings. The number of hydrogen-bond donors (Lipinski definition) is 0. The fraction of sp³-hybridized carbons (Fsp3) is 0.765. The largest absolute Gasteiger partial charge is 0.466 e. The van der Waals surface area contributed by atoms with Crippen molar-refractivity contribution in [3.63, 3.8) is 0 Å². The monoisotopic (exact) mass is 360 g/mol. The normalized spacial score (nSPS) is 11.2. The molecule has 0 spiro atoms. The zero-order chi connectivity index (χ0) is 19.6. The fourth-order valence-corrected chi connectivity index (χ4v) is 2.01. The van der Waals surface area contributed by atoms with Gasteiger partial charge < -0.3 is 18.9 Å². The van der Waals surface area contributed by atoms with E-state index in [1.807, 2.05) is 0 Å². The van der Waals surface area contributed by atoms with Gasteiger partial charge in [-0.15, -0.1) is 0 Å². The molecule has 0 saturated carbocycles. The molecule has 0 saturated heterocycles. The summed E-state index contributed by atoms with van der Waals surface area (Å²) in [5.74, 6) is -3.66. The maximum Gasteiger partial charge on any atom is 0.324 e. The highest BCUT2D eigenvalue weighted by Gasteiger charge is 2.53. The Kier molecular flexibility index (Phi) is 9.78. The molecule has 0 atom stereocenters.